The number of carbonyl (C=O) groups excluding carboxylic acids is 1. The summed E-state index contributed by atoms with van der Waals surface area (Å²) in [7, 11) is -4.59. The minimum absolute atomic E-state index is 0.00958. The van der Waals surface area contributed by atoms with Gasteiger partial charge >= 0.3 is 6.03 Å². The van der Waals surface area contributed by atoms with Crippen LogP contribution in [0.3, 0.4) is 0 Å². The Hall–Kier alpha value is -2.47. The molecule has 0 aliphatic carbocycles. The van der Waals surface area contributed by atoms with Crippen molar-refractivity contribution in [3.8, 4) is 0 Å². The predicted molar refractivity (Wildman–Crippen MR) is 101 cm³/mol. The molecule has 9 nitrogen and oxygen atoms in total. The number of urea groups is 1. The molecule has 0 saturated carbocycles. The molecule has 2 aromatic rings. The lowest BCUT2D eigenvalue weighted by Crippen LogP contribution is -2.30. The zero-order valence-electron chi connectivity index (χ0n) is 14.7. The normalized spacial score (nSPS) is 12.0. The van der Waals surface area contributed by atoms with E-state index in [9.17, 15) is 21.6 Å². The Morgan fingerprint density at radius 1 is 1.00 bits per heavy atom. The van der Waals surface area contributed by atoms with Gasteiger partial charge in [-0.2, -0.15) is 0 Å². The number of hydrogen-bond donors (Lipinski definition) is 3. The molecule has 0 heterocycles. The monoisotopic (exact) mass is 412 g/mol. The maximum absolute atomic E-state index is 12.3. The third-order valence-corrected chi connectivity index (χ3v) is 6.46. The van der Waals surface area contributed by atoms with Crippen molar-refractivity contribution in [2.75, 3.05) is 19.4 Å². The lowest BCUT2D eigenvalue weighted by molar-refractivity contribution is 0.251. The highest BCUT2D eigenvalue weighted by Gasteiger charge is 2.20. The quantitative estimate of drug-likeness (QED) is 0.647. The Morgan fingerprint density at radius 2 is 1.59 bits per heavy atom. The number of carbonyl (C=O) groups is 1. The molecule has 0 radical (unpaired) electrons. The molecule has 27 heavy (non-hydrogen) atoms. The summed E-state index contributed by atoms with van der Waals surface area (Å²) in [6.45, 7) is -0.00958. The Bertz CT molecular complexity index is 1030. The topological polar surface area (TPSA) is 139 Å². The van der Waals surface area contributed by atoms with Crippen LogP contribution in [0.5, 0.6) is 0 Å². The van der Waals surface area contributed by atoms with Gasteiger partial charge in [-0.25, -0.2) is 31.1 Å². The summed E-state index contributed by atoms with van der Waals surface area (Å²) in [6, 6.07) is 11.1. The van der Waals surface area contributed by atoms with Gasteiger partial charge in [0.2, 0.25) is 20.0 Å². The van der Waals surface area contributed by atoms with Crippen LogP contribution in [-0.4, -0.2) is 41.3 Å². The van der Waals surface area contributed by atoms with E-state index in [-0.39, 0.29) is 16.3 Å². The Labute approximate surface area is 158 Å². The number of sulfonamides is 2. The summed E-state index contributed by atoms with van der Waals surface area (Å²) in [5.41, 5.74) is 0.792. The Kier molecular flexibility index (Phi) is 6.21. The second-order valence-electron chi connectivity index (χ2n) is 5.77. The number of nitrogens with one attached hydrogen (secondary N) is 2. The van der Waals surface area contributed by atoms with Crippen molar-refractivity contribution in [3.05, 3.63) is 54.1 Å². The molecule has 2 aromatic carbocycles. The molecular formula is C16H20N4O5S2. The van der Waals surface area contributed by atoms with E-state index < -0.39 is 26.1 Å². The molecule has 2 amide bonds. The molecule has 0 aromatic heterocycles. The third-order valence-electron chi connectivity index (χ3n) is 3.61. The standard InChI is InChI=1S/C16H20N4O5S2/c1-20(2)27(24,25)15-6-4-3-5-12(15)11-18-16(21)19-13-7-9-14(10-8-13)26(17,22)23/h3-10H,11H2,1-2H3,(H2,17,22,23)(H2,18,19,21). The molecular weight excluding hydrogens is 392 g/mol. The Morgan fingerprint density at radius 3 is 2.15 bits per heavy atom. The van der Waals surface area contributed by atoms with Crippen molar-refractivity contribution in [2.24, 2.45) is 5.14 Å². The van der Waals surface area contributed by atoms with Crippen LogP contribution >= 0.6 is 0 Å². The maximum Gasteiger partial charge on any atom is 0.319 e. The highest BCUT2D eigenvalue weighted by Crippen LogP contribution is 2.18. The van der Waals surface area contributed by atoms with Gasteiger partial charge in [-0.05, 0) is 35.9 Å². The summed E-state index contributed by atoms with van der Waals surface area (Å²) in [5.74, 6) is 0. The molecule has 146 valence electrons. The van der Waals surface area contributed by atoms with Crippen molar-refractivity contribution < 1.29 is 21.6 Å². The second kappa shape index (κ2) is 8.05. The number of nitrogens with zero attached hydrogens (tertiary/aromatic N) is 1. The molecule has 2 rings (SSSR count). The van der Waals surface area contributed by atoms with Gasteiger partial charge in [0.25, 0.3) is 0 Å². The van der Waals surface area contributed by atoms with E-state index in [1.807, 2.05) is 0 Å². The van der Waals surface area contributed by atoms with E-state index in [0.29, 0.717) is 11.3 Å². The van der Waals surface area contributed by atoms with E-state index in [4.69, 9.17) is 5.14 Å². The molecule has 0 unspecified atom stereocenters. The molecule has 0 spiro atoms. The number of nitrogens with two attached hydrogens (primary N) is 1. The molecule has 4 N–H and O–H groups in total. The van der Waals surface area contributed by atoms with Gasteiger partial charge in [0.05, 0.1) is 9.79 Å². The van der Waals surface area contributed by atoms with Crippen molar-refractivity contribution in [2.45, 2.75) is 16.3 Å². The molecule has 0 saturated heterocycles. The van der Waals surface area contributed by atoms with Crippen molar-refractivity contribution in [1.82, 2.24) is 9.62 Å². The highest BCUT2D eigenvalue weighted by atomic mass is 32.2. The zero-order valence-corrected chi connectivity index (χ0v) is 16.3. The van der Waals surface area contributed by atoms with Crippen LogP contribution in [-0.2, 0) is 26.6 Å². The molecule has 0 aliphatic heterocycles. The summed E-state index contributed by atoms with van der Waals surface area (Å²) in [5, 5.41) is 10.1. The van der Waals surface area contributed by atoms with Gasteiger partial charge < -0.3 is 10.6 Å². The Balaban J connectivity index is 2.07. The first-order valence-corrected chi connectivity index (χ1v) is 10.7. The summed E-state index contributed by atoms with van der Waals surface area (Å²) in [6.07, 6.45) is 0. The summed E-state index contributed by atoms with van der Waals surface area (Å²) >= 11 is 0. The zero-order chi connectivity index (χ0) is 20.2. The van der Waals surface area contributed by atoms with Crippen LogP contribution in [0.15, 0.2) is 58.3 Å². The fraction of sp³-hybridized carbons (Fsp3) is 0.188. The number of rotatable bonds is 6. The van der Waals surface area contributed by atoms with Crippen LogP contribution in [0.2, 0.25) is 0 Å². The predicted octanol–water partition coefficient (Wildman–Crippen LogP) is 0.906. The van der Waals surface area contributed by atoms with E-state index in [0.717, 1.165) is 4.31 Å². The van der Waals surface area contributed by atoms with Crippen LogP contribution in [0.4, 0.5) is 10.5 Å². The number of anilines is 1. The van der Waals surface area contributed by atoms with E-state index in [2.05, 4.69) is 10.6 Å². The third kappa shape index (κ3) is 5.26. The number of primary sulfonamides is 1. The van der Waals surface area contributed by atoms with E-state index in [1.54, 1.807) is 18.2 Å². The lowest BCUT2D eigenvalue weighted by atomic mass is 10.2. The van der Waals surface area contributed by atoms with Gasteiger partial charge in [0, 0.05) is 26.3 Å². The van der Waals surface area contributed by atoms with Gasteiger partial charge in [-0.1, -0.05) is 18.2 Å². The van der Waals surface area contributed by atoms with Crippen LogP contribution < -0.4 is 15.8 Å². The maximum atomic E-state index is 12.3. The van der Waals surface area contributed by atoms with Crippen LogP contribution in [0, 0.1) is 0 Å². The van der Waals surface area contributed by atoms with Crippen LogP contribution in [0.25, 0.3) is 0 Å². The summed E-state index contributed by atoms with van der Waals surface area (Å²) in [4.78, 5) is 12.1. The van der Waals surface area contributed by atoms with Gasteiger partial charge in [0.1, 0.15) is 0 Å². The van der Waals surface area contributed by atoms with E-state index >= 15 is 0 Å². The second-order valence-corrected chi connectivity index (χ2v) is 9.45. The number of amides is 2. The van der Waals surface area contributed by atoms with Crippen molar-refractivity contribution in [1.29, 1.82) is 0 Å². The largest absolute Gasteiger partial charge is 0.334 e. The van der Waals surface area contributed by atoms with Crippen molar-refractivity contribution >= 4 is 31.8 Å². The molecule has 0 atom stereocenters. The first kappa shape index (κ1) is 20.8. The number of benzene rings is 2. The average molecular weight is 412 g/mol. The average Bonchev–Trinajstić information content (AvgIpc) is 2.59. The smallest absolute Gasteiger partial charge is 0.319 e. The molecule has 0 fully saturated rings. The fourth-order valence-corrected chi connectivity index (χ4v) is 3.81. The first-order chi connectivity index (χ1) is 12.5. The first-order valence-electron chi connectivity index (χ1n) is 7.70. The fourth-order valence-electron chi connectivity index (χ4n) is 2.18. The molecule has 0 bridgehead atoms. The van der Waals surface area contributed by atoms with Crippen molar-refractivity contribution in [3.63, 3.8) is 0 Å². The van der Waals surface area contributed by atoms with Gasteiger partial charge in [-0.15, -0.1) is 0 Å². The minimum atomic E-state index is -3.81. The molecule has 0 aliphatic rings. The number of hydrogen-bond acceptors (Lipinski definition) is 5. The highest BCUT2D eigenvalue weighted by molar-refractivity contribution is 7.89. The summed E-state index contributed by atoms with van der Waals surface area (Å²) < 4.78 is 48.2. The van der Waals surface area contributed by atoms with E-state index in [1.165, 1.54) is 44.4 Å². The van der Waals surface area contributed by atoms with Gasteiger partial charge in [0.15, 0.2) is 0 Å². The van der Waals surface area contributed by atoms with Gasteiger partial charge in [-0.3, -0.25) is 0 Å². The SMILES string of the molecule is CN(C)S(=O)(=O)c1ccccc1CNC(=O)Nc1ccc(S(N)(=O)=O)cc1. The van der Waals surface area contributed by atoms with Crippen LogP contribution in [0.1, 0.15) is 5.56 Å². The molecule has 11 heteroatoms. The lowest BCUT2D eigenvalue weighted by Gasteiger charge is -2.15. The minimum Gasteiger partial charge on any atom is -0.334 e.